The van der Waals surface area contributed by atoms with E-state index in [4.69, 9.17) is 4.74 Å². The number of nitrogens with zero attached hydrogens (tertiary/aromatic N) is 6. The van der Waals surface area contributed by atoms with Crippen molar-refractivity contribution < 1.29 is 9.53 Å². The number of piperazine rings is 1. The van der Waals surface area contributed by atoms with E-state index in [0.717, 1.165) is 31.1 Å². The van der Waals surface area contributed by atoms with Gasteiger partial charge in [0.05, 0.1) is 5.69 Å². The molecular formula is C21H26N6O2. The summed E-state index contributed by atoms with van der Waals surface area (Å²) in [4.78, 5) is 17.0. The first-order valence-corrected chi connectivity index (χ1v) is 9.80. The molecular weight excluding hydrogens is 368 g/mol. The fourth-order valence-corrected chi connectivity index (χ4v) is 3.52. The molecule has 1 amide bonds. The van der Waals surface area contributed by atoms with Crippen molar-refractivity contribution >= 4 is 5.91 Å². The molecule has 0 saturated carbocycles. The monoisotopic (exact) mass is 394 g/mol. The first kappa shape index (κ1) is 19.2. The molecule has 1 fully saturated rings. The second kappa shape index (κ2) is 8.48. The summed E-state index contributed by atoms with van der Waals surface area (Å²) in [5, 5.41) is 8.78. The molecule has 0 bridgehead atoms. The van der Waals surface area contributed by atoms with Crippen LogP contribution in [-0.4, -0.2) is 61.4 Å². The zero-order valence-electron chi connectivity index (χ0n) is 16.9. The Labute approximate surface area is 170 Å². The Morgan fingerprint density at radius 3 is 2.52 bits per heavy atom. The third-order valence-corrected chi connectivity index (χ3v) is 5.14. The van der Waals surface area contributed by atoms with E-state index in [2.05, 4.69) is 21.3 Å². The quantitative estimate of drug-likeness (QED) is 0.639. The van der Waals surface area contributed by atoms with E-state index in [1.165, 1.54) is 5.56 Å². The van der Waals surface area contributed by atoms with Crippen molar-refractivity contribution in [3.63, 3.8) is 0 Å². The van der Waals surface area contributed by atoms with Crippen LogP contribution in [0.3, 0.4) is 0 Å². The summed E-state index contributed by atoms with van der Waals surface area (Å²) in [5.74, 6) is 0.747. The maximum Gasteiger partial charge on any atom is 0.274 e. The van der Waals surface area contributed by atoms with Crippen LogP contribution < -0.4 is 4.74 Å². The lowest BCUT2D eigenvalue weighted by molar-refractivity contribution is 0.0620. The Kier molecular flexibility index (Phi) is 5.62. The van der Waals surface area contributed by atoms with E-state index in [1.807, 2.05) is 53.9 Å². The van der Waals surface area contributed by atoms with Crippen LogP contribution in [-0.2, 0) is 20.3 Å². The highest BCUT2D eigenvalue weighted by atomic mass is 16.5. The Morgan fingerprint density at radius 1 is 1.07 bits per heavy atom. The lowest BCUT2D eigenvalue weighted by Crippen LogP contribution is -2.48. The number of para-hydroxylation sites is 1. The van der Waals surface area contributed by atoms with Gasteiger partial charge in [-0.2, -0.15) is 10.2 Å². The third-order valence-electron chi connectivity index (χ3n) is 5.14. The number of aromatic nitrogens is 4. The minimum absolute atomic E-state index is 0.0272. The SMILES string of the molecule is Cc1nn(C)cc1CN1CCN(C(=O)c2ccn(COc3ccccc3)n2)CC1. The Balaban J connectivity index is 1.28. The molecule has 1 saturated heterocycles. The summed E-state index contributed by atoms with van der Waals surface area (Å²) in [7, 11) is 1.94. The normalized spacial score (nSPS) is 14.9. The van der Waals surface area contributed by atoms with Gasteiger partial charge in [-0.05, 0) is 25.1 Å². The van der Waals surface area contributed by atoms with Crippen LogP contribution in [0.4, 0.5) is 0 Å². The molecule has 0 spiro atoms. The number of carbonyl (C=O) groups excluding carboxylic acids is 1. The molecule has 8 heteroatoms. The zero-order valence-corrected chi connectivity index (χ0v) is 16.9. The van der Waals surface area contributed by atoms with Crippen LogP contribution in [0, 0.1) is 6.92 Å². The highest BCUT2D eigenvalue weighted by Crippen LogP contribution is 2.13. The van der Waals surface area contributed by atoms with Crippen molar-refractivity contribution in [2.75, 3.05) is 26.2 Å². The fourth-order valence-electron chi connectivity index (χ4n) is 3.52. The molecule has 1 aliphatic heterocycles. The third kappa shape index (κ3) is 4.65. The van der Waals surface area contributed by atoms with Gasteiger partial charge in [0.15, 0.2) is 12.4 Å². The number of amides is 1. The standard InChI is InChI=1S/C21H26N6O2/c1-17-18(14-24(2)22-17)15-25-10-12-26(13-11-25)21(28)20-8-9-27(23-20)16-29-19-6-4-3-5-7-19/h3-9,14H,10-13,15-16H2,1-2H3. The molecule has 3 aromatic rings. The van der Waals surface area contributed by atoms with Gasteiger partial charge in [0.2, 0.25) is 0 Å². The zero-order chi connectivity index (χ0) is 20.2. The summed E-state index contributed by atoms with van der Waals surface area (Å²) in [6.07, 6.45) is 3.84. The van der Waals surface area contributed by atoms with Crippen LogP contribution in [0.2, 0.25) is 0 Å². The van der Waals surface area contributed by atoms with E-state index < -0.39 is 0 Å². The van der Waals surface area contributed by atoms with Gasteiger partial charge in [0.1, 0.15) is 5.75 Å². The lowest BCUT2D eigenvalue weighted by Gasteiger charge is -2.34. The van der Waals surface area contributed by atoms with Gasteiger partial charge in [-0.25, -0.2) is 4.68 Å². The minimum atomic E-state index is -0.0272. The number of carbonyl (C=O) groups is 1. The molecule has 29 heavy (non-hydrogen) atoms. The largest absolute Gasteiger partial charge is 0.471 e. The molecule has 4 rings (SSSR count). The topological polar surface area (TPSA) is 68.4 Å². The van der Waals surface area contributed by atoms with Crippen LogP contribution >= 0.6 is 0 Å². The number of hydrogen-bond donors (Lipinski definition) is 0. The summed E-state index contributed by atoms with van der Waals surface area (Å²) in [6.45, 7) is 6.27. The molecule has 152 valence electrons. The molecule has 3 heterocycles. The van der Waals surface area contributed by atoms with E-state index in [9.17, 15) is 4.79 Å². The maximum atomic E-state index is 12.8. The van der Waals surface area contributed by atoms with Crippen LogP contribution in [0.5, 0.6) is 5.75 Å². The Morgan fingerprint density at radius 2 is 1.83 bits per heavy atom. The van der Waals surface area contributed by atoms with Gasteiger partial charge in [-0.15, -0.1) is 0 Å². The average molecular weight is 394 g/mol. The molecule has 1 aromatic carbocycles. The van der Waals surface area contributed by atoms with Gasteiger partial charge >= 0.3 is 0 Å². The molecule has 2 aromatic heterocycles. The Hall–Kier alpha value is -3.13. The average Bonchev–Trinajstić information content (AvgIpc) is 3.33. The predicted octanol–water partition coefficient (Wildman–Crippen LogP) is 1.92. The molecule has 8 nitrogen and oxygen atoms in total. The number of ether oxygens (including phenoxy) is 1. The highest BCUT2D eigenvalue weighted by molar-refractivity contribution is 5.92. The molecule has 0 N–H and O–H groups in total. The fraction of sp³-hybridized carbons (Fsp3) is 0.381. The van der Waals surface area contributed by atoms with Crippen molar-refractivity contribution in [2.24, 2.45) is 7.05 Å². The van der Waals surface area contributed by atoms with Crippen LogP contribution in [0.1, 0.15) is 21.7 Å². The smallest absolute Gasteiger partial charge is 0.274 e. The number of hydrogen-bond acceptors (Lipinski definition) is 5. The van der Waals surface area contributed by atoms with Crippen molar-refractivity contribution in [3.8, 4) is 5.75 Å². The van der Waals surface area contributed by atoms with E-state index >= 15 is 0 Å². The minimum Gasteiger partial charge on any atom is -0.471 e. The molecule has 0 unspecified atom stereocenters. The van der Waals surface area contributed by atoms with Gasteiger partial charge < -0.3 is 9.64 Å². The number of benzene rings is 1. The van der Waals surface area contributed by atoms with Crippen LogP contribution in [0.15, 0.2) is 48.8 Å². The van der Waals surface area contributed by atoms with E-state index in [-0.39, 0.29) is 12.6 Å². The molecule has 0 atom stereocenters. The molecule has 0 aliphatic carbocycles. The summed E-state index contributed by atoms with van der Waals surface area (Å²) in [5.41, 5.74) is 2.76. The van der Waals surface area contributed by atoms with Crippen molar-refractivity contribution in [3.05, 3.63) is 65.7 Å². The van der Waals surface area contributed by atoms with Crippen LogP contribution in [0.25, 0.3) is 0 Å². The van der Waals surface area contributed by atoms with Gasteiger partial charge in [-0.3, -0.25) is 14.4 Å². The first-order chi connectivity index (χ1) is 14.1. The van der Waals surface area contributed by atoms with Crippen molar-refractivity contribution in [1.82, 2.24) is 29.4 Å². The van der Waals surface area contributed by atoms with Gasteiger partial charge in [0, 0.05) is 57.7 Å². The lowest BCUT2D eigenvalue weighted by atomic mass is 10.2. The molecule has 0 radical (unpaired) electrons. The van der Waals surface area contributed by atoms with E-state index in [0.29, 0.717) is 18.8 Å². The van der Waals surface area contributed by atoms with Crippen molar-refractivity contribution in [1.29, 1.82) is 0 Å². The van der Waals surface area contributed by atoms with Crippen molar-refractivity contribution in [2.45, 2.75) is 20.2 Å². The predicted molar refractivity (Wildman–Crippen MR) is 108 cm³/mol. The molecule has 1 aliphatic rings. The van der Waals surface area contributed by atoms with E-state index in [1.54, 1.807) is 16.9 Å². The maximum absolute atomic E-state index is 12.8. The van der Waals surface area contributed by atoms with Gasteiger partial charge in [-0.1, -0.05) is 18.2 Å². The second-order valence-corrected chi connectivity index (χ2v) is 7.31. The second-order valence-electron chi connectivity index (χ2n) is 7.31. The summed E-state index contributed by atoms with van der Waals surface area (Å²) >= 11 is 0. The number of rotatable bonds is 6. The summed E-state index contributed by atoms with van der Waals surface area (Å²) in [6, 6.07) is 11.3. The van der Waals surface area contributed by atoms with Gasteiger partial charge in [0.25, 0.3) is 5.91 Å². The first-order valence-electron chi connectivity index (χ1n) is 9.80. The highest BCUT2D eigenvalue weighted by Gasteiger charge is 2.24. The number of aryl methyl sites for hydroxylation is 2. The summed E-state index contributed by atoms with van der Waals surface area (Å²) < 4.78 is 9.16. The Bertz CT molecular complexity index is 957.